The van der Waals surface area contributed by atoms with E-state index in [2.05, 4.69) is 12.2 Å². The van der Waals surface area contributed by atoms with Gasteiger partial charge in [-0.15, -0.1) is 0 Å². The first-order chi connectivity index (χ1) is 9.61. The van der Waals surface area contributed by atoms with E-state index in [1.54, 1.807) is 19.1 Å². The van der Waals surface area contributed by atoms with Crippen LogP contribution in [0.1, 0.15) is 43.7 Å². The van der Waals surface area contributed by atoms with Crippen molar-refractivity contribution < 1.29 is 14.0 Å². The Kier molecular flexibility index (Phi) is 4.82. The van der Waals surface area contributed by atoms with Crippen LogP contribution in [0.25, 0.3) is 0 Å². The summed E-state index contributed by atoms with van der Waals surface area (Å²) in [5, 5.41) is 2.69. The molecule has 1 aromatic heterocycles. The molecule has 2 heterocycles. The van der Waals surface area contributed by atoms with E-state index in [4.69, 9.17) is 4.42 Å². The van der Waals surface area contributed by atoms with Gasteiger partial charge in [-0.2, -0.15) is 0 Å². The van der Waals surface area contributed by atoms with E-state index >= 15 is 0 Å². The second-order valence-corrected chi connectivity index (χ2v) is 5.37. The number of nitrogens with zero attached hydrogens (tertiary/aromatic N) is 1. The molecule has 0 saturated carbocycles. The minimum Gasteiger partial charge on any atom is -0.459 e. The van der Waals surface area contributed by atoms with Gasteiger partial charge in [0.25, 0.3) is 5.91 Å². The van der Waals surface area contributed by atoms with Gasteiger partial charge in [0, 0.05) is 13.1 Å². The lowest BCUT2D eigenvalue weighted by atomic mass is 9.95. The molecule has 5 nitrogen and oxygen atoms in total. The SMILES string of the molecule is CCC1CCCN(C(=O)C(C)NC(=O)c2ccco2)C1. The van der Waals surface area contributed by atoms with E-state index < -0.39 is 6.04 Å². The summed E-state index contributed by atoms with van der Waals surface area (Å²) in [5.41, 5.74) is 0. The Labute approximate surface area is 119 Å². The fraction of sp³-hybridized carbons (Fsp3) is 0.600. The van der Waals surface area contributed by atoms with Gasteiger partial charge < -0.3 is 14.6 Å². The number of hydrogen-bond donors (Lipinski definition) is 1. The third-order valence-corrected chi connectivity index (χ3v) is 3.87. The molecule has 0 aromatic carbocycles. The van der Waals surface area contributed by atoms with Gasteiger partial charge in [-0.1, -0.05) is 13.3 Å². The molecule has 1 fully saturated rings. The maximum atomic E-state index is 12.3. The monoisotopic (exact) mass is 278 g/mol. The lowest BCUT2D eigenvalue weighted by Crippen LogP contribution is -2.49. The lowest BCUT2D eigenvalue weighted by molar-refractivity contribution is -0.134. The van der Waals surface area contributed by atoms with E-state index in [0.717, 1.165) is 25.9 Å². The summed E-state index contributed by atoms with van der Waals surface area (Å²) in [5.74, 6) is 0.457. The molecular weight excluding hydrogens is 256 g/mol. The maximum Gasteiger partial charge on any atom is 0.287 e. The van der Waals surface area contributed by atoms with Crippen LogP contribution < -0.4 is 5.32 Å². The Balaban J connectivity index is 1.90. The molecule has 2 atom stereocenters. The normalized spacial score (nSPS) is 20.5. The quantitative estimate of drug-likeness (QED) is 0.916. The fourth-order valence-corrected chi connectivity index (χ4v) is 2.61. The Morgan fingerprint density at radius 2 is 2.35 bits per heavy atom. The maximum absolute atomic E-state index is 12.3. The van der Waals surface area contributed by atoms with Gasteiger partial charge in [-0.3, -0.25) is 9.59 Å². The van der Waals surface area contributed by atoms with Crippen molar-refractivity contribution in [2.45, 2.75) is 39.2 Å². The predicted molar refractivity (Wildman–Crippen MR) is 75.2 cm³/mol. The van der Waals surface area contributed by atoms with Gasteiger partial charge in [0.05, 0.1) is 6.26 Å². The van der Waals surface area contributed by atoms with Crippen LogP contribution in [-0.2, 0) is 4.79 Å². The molecule has 5 heteroatoms. The molecule has 0 aliphatic carbocycles. The number of carbonyl (C=O) groups is 2. The number of amides is 2. The smallest absolute Gasteiger partial charge is 0.287 e. The van der Waals surface area contributed by atoms with Crippen LogP contribution in [0.4, 0.5) is 0 Å². The molecule has 2 unspecified atom stereocenters. The minimum absolute atomic E-state index is 0.0111. The second-order valence-electron chi connectivity index (χ2n) is 5.37. The summed E-state index contributed by atoms with van der Waals surface area (Å²) in [6, 6.07) is 2.71. The van der Waals surface area contributed by atoms with Crippen molar-refractivity contribution in [3.63, 3.8) is 0 Å². The molecule has 1 aromatic rings. The average molecular weight is 278 g/mol. The third-order valence-electron chi connectivity index (χ3n) is 3.87. The summed E-state index contributed by atoms with van der Waals surface area (Å²) in [6.07, 6.45) is 4.77. The van der Waals surface area contributed by atoms with Crippen LogP contribution in [0, 0.1) is 5.92 Å². The van der Waals surface area contributed by atoms with Crippen LogP contribution in [0.5, 0.6) is 0 Å². The van der Waals surface area contributed by atoms with Crippen LogP contribution in [0.3, 0.4) is 0 Å². The summed E-state index contributed by atoms with van der Waals surface area (Å²) in [4.78, 5) is 26.1. The zero-order valence-electron chi connectivity index (χ0n) is 12.1. The molecule has 0 bridgehead atoms. The number of furan rings is 1. The van der Waals surface area contributed by atoms with Crippen molar-refractivity contribution in [3.8, 4) is 0 Å². The molecule has 20 heavy (non-hydrogen) atoms. The molecule has 1 aliphatic heterocycles. The molecule has 1 saturated heterocycles. The van der Waals surface area contributed by atoms with Crippen LogP contribution in [0.15, 0.2) is 22.8 Å². The van der Waals surface area contributed by atoms with Crippen molar-refractivity contribution >= 4 is 11.8 Å². The first-order valence-corrected chi connectivity index (χ1v) is 7.25. The van der Waals surface area contributed by atoms with E-state index in [1.165, 1.54) is 12.7 Å². The lowest BCUT2D eigenvalue weighted by Gasteiger charge is -2.34. The third kappa shape index (κ3) is 3.40. The minimum atomic E-state index is -0.525. The Hall–Kier alpha value is -1.78. The van der Waals surface area contributed by atoms with Crippen LogP contribution in [0.2, 0.25) is 0 Å². The zero-order valence-corrected chi connectivity index (χ0v) is 12.1. The average Bonchev–Trinajstić information content (AvgIpc) is 3.00. The van der Waals surface area contributed by atoms with E-state index in [1.807, 2.05) is 4.90 Å². The number of rotatable bonds is 4. The molecule has 110 valence electrons. The first-order valence-electron chi connectivity index (χ1n) is 7.25. The van der Waals surface area contributed by atoms with Crippen molar-refractivity contribution in [3.05, 3.63) is 24.2 Å². The van der Waals surface area contributed by atoms with Crippen molar-refractivity contribution in [1.29, 1.82) is 0 Å². The van der Waals surface area contributed by atoms with Gasteiger partial charge in [0.2, 0.25) is 5.91 Å². The number of hydrogen-bond acceptors (Lipinski definition) is 3. The highest BCUT2D eigenvalue weighted by Gasteiger charge is 2.27. The number of nitrogens with one attached hydrogen (secondary N) is 1. The van der Waals surface area contributed by atoms with E-state index in [0.29, 0.717) is 5.92 Å². The highest BCUT2D eigenvalue weighted by atomic mass is 16.3. The van der Waals surface area contributed by atoms with Gasteiger partial charge in [0.1, 0.15) is 6.04 Å². The summed E-state index contributed by atoms with van der Waals surface area (Å²) in [6.45, 7) is 5.46. The van der Waals surface area contributed by atoms with Crippen LogP contribution in [-0.4, -0.2) is 35.8 Å². The molecule has 2 amide bonds. The molecule has 0 radical (unpaired) electrons. The summed E-state index contributed by atoms with van der Waals surface area (Å²) < 4.78 is 5.02. The predicted octanol–water partition coefficient (Wildman–Crippen LogP) is 2.05. The number of piperidine rings is 1. The van der Waals surface area contributed by atoms with Crippen LogP contribution >= 0.6 is 0 Å². The summed E-state index contributed by atoms with van der Waals surface area (Å²) in [7, 11) is 0. The zero-order chi connectivity index (χ0) is 14.5. The van der Waals surface area contributed by atoms with E-state index in [9.17, 15) is 9.59 Å². The number of carbonyl (C=O) groups excluding carboxylic acids is 2. The standard InChI is InChI=1S/C15H22N2O3/c1-3-12-6-4-8-17(10-12)15(19)11(2)16-14(18)13-7-5-9-20-13/h5,7,9,11-12H,3-4,6,8,10H2,1-2H3,(H,16,18). The highest BCUT2D eigenvalue weighted by Crippen LogP contribution is 2.19. The van der Waals surface area contributed by atoms with Crippen molar-refractivity contribution in [2.24, 2.45) is 5.92 Å². The molecule has 1 N–H and O–H groups in total. The summed E-state index contributed by atoms with van der Waals surface area (Å²) >= 11 is 0. The van der Waals surface area contributed by atoms with Gasteiger partial charge in [0.15, 0.2) is 5.76 Å². The fourth-order valence-electron chi connectivity index (χ4n) is 2.61. The first kappa shape index (κ1) is 14.6. The largest absolute Gasteiger partial charge is 0.459 e. The Bertz CT molecular complexity index is 456. The topological polar surface area (TPSA) is 62.6 Å². The second kappa shape index (κ2) is 6.59. The van der Waals surface area contributed by atoms with Gasteiger partial charge in [-0.05, 0) is 37.8 Å². The van der Waals surface area contributed by atoms with Crippen molar-refractivity contribution in [1.82, 2.24) is 10.2 Å². The van der Waals surface area contributed by atoms with E-state index in [-0.39, 0.29) is 17.6 Å². The van der Waals surface area contributed by atoms with Gasteiger partial charge >= 0.3 is 0 Å². The number of likely N-dealkylation sites (tertiary alicyclic amines) is 1. The Morgan fingerprint density at radius 3 is 3.00 bits per heavy atom. The van der Waals surface area contributed by atoms with Crippen molar-refractivity contribution in [2.75, 3.05) is 13.1 Å². The highest BCUT2D eigenvalue weighted by molar-refractivity contribution is 5.95. The molecule has 0 spiro atoms. The van der Waals surface area contributed by atoms with Gasteiger partial charge in [-0.25, -0.2) is 0 Å². The molecule has 2 rings (SSSR count). The molecular formula is C15H22N2O3. The molecule has 1 aliphatic rings. The Morgan fingerprint density at radius 1 is 1.55 bits per heavy atom.